The molecule has 2 aliphatic heterocycles. The van der Waals surface area contributed by atoms with E-state index in [4.69, 9.17) is 4.74 Å². The molecule has 160 valence electrons. The predicted octanol–water partition coefficient (Wildman–Crippen LogP) is 5.17. The molecule has 1 fully saturated rings. The molecule has 5 rings (SSSR count). The molecule has 32 heavy (non-hydrogen) atoms. The van der Waals surface area contributed by atoms with Crippen LogP contribution in [0, 0.1) is 6.92 Å². The zero-order valence-electron chi connectivity index (χ0n) is 18.0. The molecule has 0 atom stereocenters. The zero-order valence-corrected chi connectivity index (χ0v) is 18.0. The molecule has 2 aliphatic rings. The Balaban J connectivity index is 1.47. The second-order valence-electron chi connectivity index (χ2n) is 8.14. The maximum atomic E-state index is 13.5. The van der Waals surface area contributed by atoms with E-state index in [1.165, 1.54) is 4.90 Å². The number of imide groups is 1. The molecular weight excluding hydrogens is 400 g/mol. The minimum absolute atomic E-state index is 0.260. The summed E-state index contributed by atoms with van der Waals surface area (Å²) in [4.78, 5) is 30.4. The fourth-order valence-corrected chi connectivity index (χ4v) is 4.26. The summed E-state index contributed by atoms with van der Waals surface area (Å²) in [5, 5.41) is 0. The number of anilines is 1. The van der Waals surface area contributed by atoms with Crippen molar-refractivity contribution in [1.29, 1.82) is 0 Å². The first-order valence-corrected chi connectivity index (χ1v) is 10.9. The first-order chi connectivity index (χ1) is 15.6. The van der Waals surface area contributed by atoms with Gasteiger partial charge in [-0.05, 0) is 61.7 Å². The maximum absolute atomic E-state index is 13.5. The number of amides is 2. The van der Waals surface area contributed by atoms with Crippen LogP contribution in [0.1, 0.15) is 24.0 Å². The van der Waals surface area contributed by atoms with Crippen molar-refractivity contribution in [3.63, 3.8) is 0 Å². The number of ether oxygens (including phenoxy) is 1. The highest BCUT2D eigenvalue weighted by molar-refractivity contribution is 6.45. The fourth-order valence-electron chi connectivity index (χ4n) is 4.26. The highest BCUT2D eigenvalue weighted by atomic mass is 16.5. The number of rotatable bonds is 5. The van der Waals surface area contributed by atoms with Crippen LogP contribution in [-0.4, -0.2) is 29.8 Å². The van der Waals surface area contributed by atoms with Gasteiger partial charge in [0, 0.05) is 13.1 Å². The smallest absolute Gasteiger partial charge is 0.282 e. The minimum atomic E-state index is -0.280. The van der Waals surface area contributed by atoms with Crippen molar-refractivity contribution in [2.75, 3.05) is 18.0 Å². The van der Waals surface area contributed by atoms with E-state index in [1.54, 1.807) is 24.3 Å². The van der Waals surface area contributed by atoms with Gasteiger partial charge in [-0.15, -0.1) is 0 Å². The van der Waals surface area contributed by atoms with E-state index in [1.807, 2.05) is 61.5 Å². The molecule has 1 saturated heterocycles. The van der Waals surface area contributed by atoms with Crippen LogP contribution in [0.3, 0.4) is 0 Å². The molecule has 0 bridgehead atoms. The predicted molar refractivity (Wildman–Crippen MR) is 124 cm³/mol. The van der Waals surface area contributed by atoms with Crippen LogP contribution in [-0.2, 0) is 9.59 Å². The Bertz CT molecular complexity index is 1180. The van der Waals surface area contributed by atoms with E-state index >= 15 is 0 Å². The lowest BCUT2D eigenvalue weighted by Crippen LogP contribution is -2.34. The van der Waals surface area contributed by atoms with E-state index in [0.717, 1.165) is 42.8 Å². The van der Waals surface area contributed by atoms with Crippen LogP contribution in [0.15, 0.2) is 84.6 Å². The van der Waals surface area contributed by atoms with Crippen molar-refractivity contribution in [2.45, 2.75) is 19.8 Å². The average molecular weight is 425 g/mol. The third-order valence-electron chi connectivity index (χ3n) is 5.90. The summed E-state index contributed by atoms with van der Waals surface area (Å²) in [7, 11) is 0. The van der Waals surface area contributed by atoms with Crippen molar-refractivity contribution in [3.8, 4) is 11.5 Å². The Labute approximate surface area is 187 Å². The molecule has 0 N–H and O–H groups in total. The Morgan fingerprint density at radius 2 is 1.34 bits per heavy atom. The van der Waals surface area contributed by atoms with Gasteiger partial charge in [0.15, 0.2) is 0 Å². The van der Waals surface area contributed by atoms with Crippen LogP contribution in [0.5, 0.6) is 11.5 Å². The van der Waals surface area contributed by atoms with E-state index in [-0.39, 0.29) is 11.8 Å². The lowest BCUT2D eigenvalue weighted by Gasteiger charge is -2.20. The van der Waals surface area contributed by atoms with Crippen LogP contribution >= 0.6 is 0 Å². The first kappa shape index (κ1) is 20.1. The first-order valence-electron chi connectivity index (χ1n) is 10.9. The van der Waals surface area contributed by atoms with Crippen molar-refractivity contribution >= 4 is 23.1 Å². The van der Waals surface area contributed by atoms with Crippen LogP contribution in [0.25, 0.3) is 5.57 Å². The summed E-state index contributed by atoms with van der Waals surface area (Å²) < 4.78 is 5.85. The number of nitrogens with zero attached hydrogens (tertiary/aromatic N) is 2. The lowest BCUT2D eigenvalue weighted by molar-refractivity contribution is -0.120. The summed E-state index contributed by atoms with van der Waals surface area (Å²) in [5.41, 5.74) is 3.43. The second kappa shape index (κ2) is 8.35. The van der Waals surface area contributed by atoms with Gasteiger partial charge in [0.25, 0.3) is 11.8 Å². The van der Waals surface area contributed by atoms with Gasteiger partial charge in [0.2, 0.25) is 0 Å². The highest BCUT2D eigenvalue weighted by Crippen LogP contribution is 2.36. The molecule has 5 nitrogen and oxygen atoms in total. The molecule has 2 amide bonds. The molecule has 0 unspecified atom stereocenters. The number of likely N-dealkylation sites (tertiary alicyclic amines) is 1. The van der Waals surface area contributed by atoms with Crippen molar-refractivity contribution in [3.05, 3.63) is 95.7 Å². The Morgan fingerprint density at radius 3 is 2.00 bits per heavy atom. The number of hydrogen-bond acceptors (Lipinski definition) is 4. The number of hydrogen-bond donors (Lipinski definition) is 0. The van der Waals surface area contributed by atoms with Crippen molar-refractivity contribution < 1.29 is 14.3 Å². The van der Waals surface area contributed by atoms with Crippen molar-refractivity contribution in [1.82, 2.24) is 4.90 Å². The lowest BCUT2D eigenvalue weighted by atomic mass is 10.0. The van der Waals surface area contributed by atoms with Gasteiger partial charge < -0.3 is 9.64 Å². The summed E-state index contributed by atoms with van der Waals surface area (Å²) >= 11 is 0. The normalized spacial score (nSPS) is 16.3. The van der Waals surface area contributed by atoms with Crippen LogP contribution in [0.4, 0.5) is 5.69 Å². The van der Waals surface area contributed by atoms with E-state index < -0.39 is 0 Å². The van der Waals surface area contributed by atoms with E-state index in [9.17, 15) is 9.59 Å². The Morgan fingerprint density at radius 1 is 0.719 bits per heavy atom. The van der Waals surface area contributed by atoms with Crippen LogP contribution < -0.4 is 9.64 Å². The fraction of sp³-hybridized carbons (Fsp3) is 0.185. The third kappa shape index (κ3) is 3.66. The Kier molecular flexibility index (Phi) is 5.23. The largest absolute Gasteiger partial charge is 0.457 e. The van der Waals surface area contributed by atoms with Gasteiger partial charge in [0.05, 0.1) is 11.3 Å². The standard InChI is InChI=1S/C27H24N2O3/c1-19-9-11-20(12-10-19)24-25(28-17-5-6-18-28)27(31)29(26(24)30)21-13-15-23(16-14-21)32-22-7-3-2-4-8-22/h2-4,7-16H,5-6,17-18H2,1H3. The topological polar surface area (TPSA) is 49.9 Å². The summed E-state index contributed by atoms with van der Waals surface area (Å²) in [6, 6.07) is 24.4. The summed E-state index contributed by atoms with van der Waals surface area (Å²) in [6.07, 6.45) is 2.05. The van der Waals surface area contributed by atoms with Gasteiger partial charge in [-0.3, -0.25) is 9.59 Å². The Hall–Kier alpha value is -3.86. The summed E-state index contributed by atoms with van der Waals surface area (Å²) in [5.74, 6) is 0.834. The van der Waals surface area contributed by atoms with E-state index in [2.05, 4.69) is 4.90 Å². The number of aryl methyl sites for hydroxylation is 1. The second-order valence-corrected chi connectivity index (χ2v) is 8.14. The summed E-state index contributed by atoms with van der Waals surface area (Å²) in [6.45, 7) is 3.59. The molecule has 0 saturated carbocycles. The molecule has 5 heteroatoms. The third-order valence-corrected chi connectivity index (χ3v) is 5.90. The molecule has 3 aromatic carbocycles. The SMILES string of the molecule is Cc1ccc(C2=C(N3CCCC3)C(=O)N(c3ccc(Oc4ccccc4)cc3)C2=O)cc1. The molecular formula is C27H24N2O3. The minimum Gasteiger partial charge on any atom is -0.457 e. The number of carbonyl (C=O) groups excluding carboxylic acids is 2. The van der Waals surface area contributed by atoms with Crippen molar-refractivity contribution in [2.24, 2.45) is 0 Å². The molecule has 0 spiro atoms. The van der Waals surface area contributed by atoms with Gasteiger partial charge >= 0.3 is 0 Å². The zero-order chi connectivity index (χ0) is 22.1. The highest BCUT2D eigenvalue weighted by Gasteiger charge is 2.42. The number of carbonyl (C=O) groups is 2. The van der Waals surface area contributed by atoms with Gasteiger partial charge in [0.1, 0.15) is 17.2 Å². The monoisotopic (exact) mass is 424 g/mol. The maximum Gasteiger partial charge on any atom is 0.282 e. The average Bonchev–Trinajstić information content (AvgIpc) is 3.42. The molecule has 0 aliphatic carbocycles. The molecule has 3 aromatic rings. The number of para-hydroxylation sites is 1. The quantitative estimate of drug-likeness (QED) is 0.531. The van der Waals surface area contributed by atoms with Gasteiger partial charge in [-0.1, -0.05) is 48.0 Å². The van der Waals surface area contributed by atoms with Gasteiger partial charge in [-0.25, -0.2) is 4.90 Å². The van der Waals surface area contributed by atoms with Gasteiger partial charge in [-0.2, -0.15) is 0 Å². The molecule has 0 radical (unpaired) electrons. The molecule has 2 heterocycles. The van der Waals surface area contributed by atoms with E-state index in [0.29, 0.717) is 22.7 Å². The molecule has 0 aromatic heterocycles. The number of benzene rings is 3. The van der Waals surface area contributed by atoms with Crippen LogP contribution in [0.2, 0.25) is 0 Å².